The van der Waals surface area contributed by atoms with Crippen LogP contribution in [0, 0.1) is 5.82 Å². The van der Waals surface area contributed by atoms with Crippen molar-refractivity contribution in [2.45, 2.75) is 13.0 Å². The van der Waals surface area contributed by atoms with Gasteiger partial charge in [0.15, 0.2) is 0 Å². The molecule has 0 radical (unpaired) electrons. The van der Waals surface area contributed by atoms with Crippen LogP contribution in [0.5, 0.6) is 0 Å². The van der Waals surface area contributed by atoms with E-state index in [9.17, 15) is 9.18 Å². The van der Waals surface area contributed by atoms with E-state index in [1.165, 1.54) is 6.07 Å². The lowest BCUT2D eigenvalue weighted by Gasteiger charge is -2.09. The fourth-order valence-electron chi connectivity index (χ4n) is 2.46. The highest BCUT2D eigenvalue weighted by Gasteiger charge is 2.04. The highest BCUT2D eigenvalue weighted by Crippen LogP contribution is 2.10. The van der Waals surface area contributed by atoms with Crippen molar-refractivity contribution in [1.29, 1.82) is 0 Å². The number of carbonyl (C=O) groups is 1. The molecule has 1 aromatic heterocycles. The maximum Gasteiger partial charge on any atom is 0.319 e. The number of urea groups is 1. The Morgan fingerprint density at radius 3 is 2.60 bits per heavy atom. The molecule has 1 heterocycles. The van der Waals surface area contributed by atoms with E-state index in [0.29, 0.717) is 30.8 Å². The van der Waals surface area contributed by atoms with Crippen LogP contribution >= 0.6 is 0 Å². The highest BCUT2D eigenvalue weighted by molar-refractivity contribution is 5.89. The summed E-state index contributed by atoms with van der Waals surface area (Å²) in [4.78, 5) is 11.9. The zero-order valence-electron chi connectivity index (χ0n) is 13.7. The van der Waals surface area contributed by atoms with Gasteiger partial charge in [0, 0.05) is 24.6 Å². The number of carbonyl (C=O) groups excluding carboxylic acids is 1. The summed E-state index contributed by atoms with van der Waals surface area (Å²) in [6, 6.07) is 15.7. The van der Waals surface area contributed by atoms with Gasteiger partial charge in [-0.1, -0.05) is 30.3 Å². The number of anilines is 1. The Kier molecular flexibility index (Phi) is 5.41. The van der Waals surface area contributed by atoms with Gasteiger partial charge < -0.3 is 10.6 Å². The first-order valence-corrected chi connectivity index (χ1v) is 8.05. The van der Waals surface area contributed by atoms with Crippen LogP contribution < -0.4 is 10.6 Å². The lowest BCUT2D eigenvalue weighted by molar-refractivity contribution is 0.252. The predicted molar refractivity (Wildman–Crippen MR) is 94.9 cm³/mol. The molecule has 6 heteroatoms. The molecule has 3 rings (SSSR count). The van der Waals surface area contributed by atoms with E-state index in [0.717, 1.165) is 5.56 Å². The maximum atomic E-state index is 13.5. The summed E-state index contributed by atoms with van der Waals surface area (Å²) in [6.07, 6.45) is 4.08. The zero-order chi connectivity index (χ0) is 17.5. The van der Waals surface area contributed by atoms with Crippen LogP contribution in [0.15, 0.2) is 67.0 Å². The number of nitrogens with one attached hydrogen (secondary N) is 2. The van der Waals surface area contributed by atoms with Gasteiger partial charge in [-0.2, -0.15) is 5.10 Å². The summed E-state index contributed by atoms with van der Waals surface area (Å²) in [6.45, 7) is 1.05. The number of hydrogen-bond acceptors (Lipinski definition) is 2. The SMILES string of the molecule is O=C(NCCc1ccccc1F)Nc1ccc(Cn2cccn2)cc1. The average Bonchev–Trinajstić information content (AvgIpc) is 3.11. The monoisotopic (exact) mass is 338 g/mol. The molecule has 0 spiro atoms. The van der Waals surface area contributed by atoms with Crippen LogP contribution in [0.3, 0.4) is 0 Å². The zero-order valence-corrected chi connectivity index (χ0v) is 13.7. The minimum absolute atomic E-state index is 0.252. The van der Waals surface area contributed by atoms with Gasteiger partial charge in [0.2, 0.25) is 0 Å². The van der Waals surface area contributed by atoms with Gasteiger partial charge in [-0.15, -0.1) is 0 Å². The minimum atomic E-state index is -0.309. The molecule has 2 aromatic carbocycles. The molecule has 0 aliphatic rings. The first kappa shape index (κ1) is 16.7. The summed E-state index contributed by atoms with van der Waals surface area (Å²) >= 11 is 0. The lowest BCUT2D eigenvalue weighted by Crippen LogP contribution is -2.30. The van der Waals surface area contributed by atoms with Crippen molar-refractivity contribution >= 4 is 11.7 Å². The molecule has 5 nitrogen and oxygen atoms in total. The number of rotatable bonds is 6. The van der Waals surface area contributed by atoms with E-state index in [2.05, 4.69) is 15.7 Å². The van der Waals surface area contributed by atoms with Gasteiger partial charge in [0.25, 0.3) is 0 Å². The number of amides is 2. The molecular weight excluding hydrogens is 319 g/mol. The second-order valence-corrected chi connectivity index (χ2v) is 5.62. The van der Waals surface area contributed by atoms with Crippen LogP contribution in [0.4, 0.5) is 14.9 Å². The van der Waals surface area contributed by atoms with Crippen molar-refractivity contribution in [3.8, 4) is 0 Å². The molecule has 2 N–H and O–H groups in total. The molecule has 0 aliphatic heterocycles. The fraction of sp³-hybridized carbons (Fsp3) is 0.158. The summed E-state index contributed by atoms with van der Waals surface area (Å²) in [5, 5.41) is 9.65. The summed E-state index contributed by atoms with van der Waals surface area (Å²) in [5.41, 5.74) is 2.38. The number of halogens is 1. The molecular formula is C19H19FN4O. The third-order valence-corrected chi connectivity index (χ3v) is 3.75. The van der Waals surface area contributed by atoms with Crippen LogP contribution in [0.2, 0.25) is 0 Å². The molecule has 25 heavy (non-hydrogen) atoms. The minimum Gasteiger partial charge on any atom is -0.338 e. The Labute approximate surface area is 145 Å². The predicted octanol–water partition coefficient (Wildman–Crippen LogP) is 3.43. The third-order valence-electron chi connectivity index (χ3n) is 3.75. The topological polar surface area (TPSA) is 59.0 Å². The quantitative estimate of drug-likeness (QED) is 0.723. The van der Waals surface area contributed by atoms with Gasteiger partial charge in [0.05, 0.1) is 6.54 Å². The highest BCUT2D eigenvalue weighted by atomic mass is 19.1. The van der Waals surface area contributed by atoms with Crippen molar-refractivity contribution in [2.75, 3.05) is 11.9 Å². The van der Waals surface area contributed by atoms with Crippen molar-refractivity contribution in [3.05, 3.63) is 83.9 Å². The summed E-state index contributed by atoms with van der Waals surface area (Å²) in [5.74, 6) is -0.252. The van der Waals surface area contributed by atoms with Gasteiger partial charge in [-0.05, 0) is 41.8 Å². The number of nitrogens with zero attached hydrogens (tertiary/aromatic N) is 2. The van der Waals surface area contributed by atoms with Gasteiger partial charge in [-0.3, -0.25) is 4.68 Å². The van der Waals surface area contributed by atoms with Gasteiger partial charge >= 0.3 is 6.03 Å². The fourth-order valence-corrected chi connectivity index (χ4v) is 2.46. The second kappa shape index (κ2) is 8.10. The molecule has 128 valence electrons. The molecule has 0 aliphatic carbocycles. The van der Waals surface area contributed by atoms with Gasteiger partial charge in [0.1, 0.15) is 5.82 Å². The van der Waals surface area contributed by atoms with E-state index in [4.69, 9.17) is 0 Å². The van der Waals surface area contributed by atoms with Crippen molar-refractivity contribution in [3.63, 3.8) is 0 Å². The Hall–Kier alpha value is -3.15. The normalized spacial score (nSPS) is 10.4. The molecule has 0 fully saturated rings. The molecule has 0 atom stereocenters. The Bertz CT molecular complexity index is 816. The molecule has 2 amide bonds. The summed E-state index contributed by atoms with van der Waals surface area (Å²) < 4.78 is 15.3. The van der Waals surface area contributed by atoms with Crippen LogP contribution in [-0.2, 0) is 13.0 Å². The molecule has 0 bridgehead atoms. The first-order valence-electron chi connectivity index (χ1n) is 8.05. The van der Waals surface area contributed by atoms with E-state index in [1.807, 2.05) is 41.2 Å². The summed E-state index contributed by atoms with van der Waals surface area (Å²) in [7, 11) is 0. The molecule has 0 unspecified atom stereocenters. The standard InChI is InChI=1S/C19H19FN4O/c20-18-5-2-1-4-16(18)10-12-21-19(25)23-17-8-6-15(7-9-17)14-24-13-3-11-22-24/h1-9,11,13H,10,12,14H2,(H2,21,23,25). The smallest absolute Gasteiger partial charge is 0.319 e. The number of aromatic nitrogens is 2. The Morgan fingerprint density at radius 1 is 1.08 bits per heavy atom. The second-order valence-electron chi connectivity index (χ2n) is 5.62. The van der Waals surface area contributed by atoms with Crippen LogP contribution in [0.25, 0.3) is 0 Å². The third kappa shape index (κ3) is 4.91. The van der Waals surface area contributed by atoms with Crippen molar-refractivity contribution < 1.29 is 9.18 Å². The van der Waals surface area contributed by atoms with Gasteiger partial charge in [-0.25, -0.2) is 9.18 Å². The van der Waals surface area contributed by atoms with Crippen LogP contribution in [-0.4, -0.2) is 22.4 Å². The number of hydrogen-bond donors (Lipinski definition) is 2. The van der Waals surface area contributed by atoms with E-state index >= 15 is 0 Å². The Balaban J connectivity index is 1.45. The average molecular weight is 338 g/mol. The number of benzene rings is 2. The first-order chi connectivity index (χ1) is 12.2. The van der Waals surface area contributed by atoms with E-state index in [-0.39, 0.29) is 11.8 Å². The van der Waals surface area contributed by atoms with E-state index < -0.39 is 0 Å². The molecule has 0 saturated heterocycles. The molecule has 3 aromatic rings. The van der Waals surface area contributed by atoms with Crippen molar-refractivity contribution in [2.24, 2.45) is 0 Å². The van der Waals surface area contributed by atoms with Crippen LogP contribution in [0.1, 0.15) is 11.1 Å². The van der Waals surface area contributed by atoms with Crippen molar-refractivity contribution in [1.82, 2.24) is 15.1 Å². The maximum absolute atomic E-state index is 13.5. The Morgan fingerprint density at radius 2 is 1.88 bits per heavy atom. The molecule has 0 saturated carbocycles. The largest absolute Gasteiger partial charge is 0.338 e. The lowest BCUT2D eigenvalue weighted by atomic mass is 10.1. The van der Waals surface area contributed by atoms with E-state index in [1.54, 1.807) is 24.4 Å².